The monoisotopic (exact) mass is 363 g/mol. The highest BCUT2D eigenvalue weighted by molar-refractivity contribution is 9.11. The van der Waals surface area contributed by atoms with Gasteiger partial charge in [-0.1, -0.05) is 6.07 Å². The Hall–Kier alpha value is -0.390. The molecule has 2 rings (SSSR count). The molecule has 0 aliphatic rings. The van der Waals surface area contributed by atoms with E-state index in [1.54, 1.807) is 17.4 Å². The highest BCUT2D eigenvalue weighted by Gasteiger charge is 2.07. The lowest BCUT2D eigenvalue weighted by Crippen LogP contribution is -2.01. The third kappa shape index (κ3) is 2.64. The minimum absolute atomic E-state index is 0.248. The molecule has 0 saturated carbocycles. The second kappa shape index (κ2) is 5.29. The van der Waals surface area contributed by atoms with Crippen molar-refractivity contribution in [2.24, 2.45) is 0 Å². The van der Waals surface area contributed by atoms with Crippen molar-refractivity contribution in [2.45, 2.75) is 6.54 Å². The normalized spacial score (nSPS) is 10.4. The van der Waals surface area contributed by atoms with E-state index in [2.05, 4.69) is 37.2 Å². The minimum Gasteiger partial charge on any atom is -0.377 e. The second-order valence-electron chi connectivity index (χ2n) is 3.14. The number of hydrogen-bond acceptors (Lipinski definition) is 2. The third-order valence-electron chi connectivity index (χ3n) is 2.08. The van der Waals surface area contributed by atoms with Crippen LogP contribution < -0.4 is 5.32 Å². The Kier molecular flexibility index (Phi) is 4.00. The molecule has 1 N–H and O–H groups in total. The van der Waals surface area contributed by atoms with Gasteiger partial charge in [0.1, 0.15) is 5.82 Å². The number of anilines is 1. The first-order valence-corrected chi connectivity index (χ1v) is 7.05. The van der Waals surface area contributed by atoms with Gasteiger partial charge in [-0.2, -0.15) is 0 Å². The third-order valence-corrected chi connectivity index (χ3v) is 4.67. The largest absolute Gasteiger partial charge is 0.377 e. The molecule has 0 atom stereocenters. The van der Waals surface area contributed by atoms with Crippen LogP contribution in [0.3, 0.4) is 0 Å². The molecule has 1 aromatic carbocycles. The van der Waals surface area contributed by atoms with E-state index in [-0.39, 0.29) is 5.82 Å². The van der Waals surface area contributed by atoms with Gasteiger partial charge in [-0.3, -0.25) is 0 Å². The van der Waals surface area contributed by atoms with E-state index in [1.807, 2.05) is 17.5 Å². The van der Waals surface area contributed by atoms with E-state index < -0.39 is 0 Å². The number of para-hydroxylation sites is 1. The van der Waals surface area contributed by atoms with Gasteiger partial charge in [-0.05, 0) is 55.4 Å². The fraction of sp³-hybridized carbons (Fsp3) is 0.0909. The SMILES string of the molecule is Fc1cccc(Br)c1NCc1sccc1Br. The highest BCUT2D eigenvalue weighted by Crippen LogP contribution is 2.28. The molecular formula is C11H8Br2FNS. The van der Waals surface area contributed by atoms with Gasteiger partial charge in [0.25, 0.3) is 0 Å². The van der Waals surface area contributed by atoms with Crippen LogP contribution in [0.1, 0.15) is 4.88 Å². The molecule has 0 aliphatic carbocycles. The molecule has 16 heavy (non-hydrogen) atoms. The van der Waals surface area contributed by atoms with Gasteiger partial charge in [0.2, 0.25) is 0 Å². The van der Waals surface area contributed by atoms with Crippen LogP contribution in [0.4, 0.5) is 10.1 Å². The van der Waals surface area contributed by atoms with Crippen LogP contribution in [0.5, 0.6) is 0 Å². The second-order valence-corrected chi connectivity index (χ2v) is 5.85. The molecule has 1 nitrogen and oxygen atoms in total. The summed E-state index contributed by atoms with van der Waals surface area (Å²) in [5, 5.41) is 5.08. The topological polar surface area (TPSA) is 12.0 Å². The van der Waals surface area contributed by atoms with E-state index >= 15 is 0 Å². The minimum atomic E-state index is -0.248. The predicted octanol–water partition coefficient (Wildman–Crippen LogP) is 5.02. The van der Waals surface area contributed by atoms with Crippen LogP contribution >= 0.6 is 43.2 Å². The van der Waals surface area contributed by atoms with Crippen molar-refractivity contribution >= 4 is 48.9 Å². The first kappa shape index (κ1) is 12.1. The Bertz CT molecular complexity index is 478. The predicted molar refractivity (Wildman–Crippen MR) is 73.4 cm³/mol. The summed E-state index contributed by atoms with van der Waals surface area (Å²) >= 11 is 8.39. The lowest BCUT2D eigenvalue weighted by molar-refractivity contribution is 0.629. The molecule has 1 heterocycles. The molecule has 5 heteroatoms. The number of benzene rings is 1. The van der Waals surface area contributed by atoms with Crippen molar-refractivity contribution in [1.82, 2.24) is 0 Å². The first-order chi connectivity index (χ1) is 7.68. The van der Waals surface area contributed by atoms with Gasteiger partial charge >= 0.3 is 0 Å². The summed E-state index contributed by atoms with van der Waals surface area (Å²) in [5.74, 6) is -0.248. The van der Waals surface area contributed by atoms with Crippen LogP contribution in [0.2, 0.25) is 0 Å². The maximum atomic E-state index is 13.5. The smallest absolute Gasteiger partial charge is 0.147 e. The summed E-state index contributed by atoms with van der Waals surface area (Å²) in [6.45, 7) is 0.609. The van der Waals surface area contributed by atoms with Gasteiger partial charge in [-0.25, -0.2) is 4.39 Å². The fourth-order valence-electron chi connectivity index (χ4n) is 1.29. The quantitative estimate of drug-likeness (QED) is 0.805. The Labute approximate surface area is 114 Å². The van der Waals surface area contributed by atoms with Crippen molar-refractivity contribution < 1.29 is 4.39 Å². The maximum Gasteiger partial charge on any atom is 0.147 e. The lowest BCUT2D eigenvalue weighted by Gasteiger charge is -2.08. The highest BCUT2D eigenvalue weighted by atomic mass is 79.9. The van der Waals surface area contributed by atoms with Crippen molar-refractivity contribution in [2.75, 3.05) is 5.32 Å². The Morgan fingerprint density at radius 3 is 2.62 bits per heavy atom. The van der Waals surface area contributed by atoms with E-state index in [4.69, 9.17) is 0 Å². The van der Waals surface area contributed by atoms with Gasteiger partial charge in [0, 0.05) is 13.8 Å². The summed E-state index contributed by atoms with van der Waals surface area (Å²) in [6, 6.07) is 6.91. The molecule has 0 amide bonds. The zero-order valence-corrected chi connectivity index (χ0v) is 12.1. The van der Waals surface area contributed by atoms with Crippen molar-refractivity contribution in [3.63, 3.8) is 0 Å². The number of rotatable bonds is 3. The van der Waals surface area contributed by atoms with E-state index in [9.17, 15) is 4.39 Å². The van der Waals surface area contributed by atoms with Gasteiger partial charge in [-0.15, -0.1) is 11.3 Å². The summed E-state index contributed by atoms with van der Waals surface area (Å²) in [6.07, 6.45) is 0. The fourth-order valence-corrected chi connectivity index (χ4v) is 3.20. The summed E-state index contributed by atoms with van der Waals surface area (Å²) in [4.78, 5) is 1.15. The number of halogens is 3. The van der Waals surface area contributed by atoms with Crippen LogP contribution in [0, 0.1) is 5.82 Å². The zero-order valence-electron chi connectivity index (χ0n) is 8.14. The summed E-state index contributed by atoms with van der Waals surface area (Å²) in [5.41, 5.74) is 0.503. The maximum absolute atomic E-state index is 13.5. The van der Waals surface area contributed by atoms with E-state index in [0.717, 1.165) is 13.8 Å². The number of nitrogens with one attached hydrogen (secondary N) is 1. The Balaban J connectivity index is 2.14. The zero-order chi connectivity index (χ0) is 11.5. The molecule has 0 bridgehead atoms. The molecule has 0 aliphatic heterocycles. The summed E-state index contributed by atoms with van der Waals surface area (Å²) < 4.78 is 15.3. The molecule has 0 fully saturated rings. The van der Waals surface area contributed by atoms with Crippen LogP contribution in [-0.4, -0.2) is 0 Å². The van der Waals surface area contributed by atoms with Crippen molar-refractivity contribution in [1.29, 1.82) is 0 Å². The van der Waals surface area contributed by atoms with E-state index in [0.29, 0.717) is 12.2 Å². The Morgan fingerprint density at radius 2 is 2.00 bits per heavy atom. The summed E-state index contributed by atoms with van der Waals surface area (Å²) in [7, 11) is 0. The standard InChI is InChI=1S/C11H8Br2FNS/c12-7-4-5-16-10(7)6-15-11-8(13)2-1-3-9(11)14/h1-5,15H,6H2. The molecule has 0 saturated heterocycles. The lowest BCUT2D eigenvalue weighted by atomic mass is 10.3. The number of thiophene rings is 1. The number of hydrogen-bond donors (Lipinski definition) is 1. The molecule has 0 spiro atoms. The van der Waals surface area contributed by atoms with Crippen LogP contribution in [-0.2, 0) is 6.54 Å². The van der Waals surface area contributed by atoms with Crippen molar-refractivity contribution in [3.8, 4) is 0 Å². The Morgan fingerprint density at radius 1 is 1.19 bits per heavy atom. The van der Waals surface area contributed by atoms with Crippen LogP contribution in [0.15, 0.2) is 38.6 Å². The van der Waals surface area contributed by atoms with E-state index in [1.165, 1.54) is 6.07 Å². The van der Waals surface area contributed by atoms with Gasteiger partial charge in [0.05, 0.1) is 12.2 Å². The molecule has 0 radical (unpaired) electrons. The van der Waals surface area contributed by atoms with Gasteiger partial charge < -0.3 is 5.32 Å². The molecule has 1 aromatic heterocycles. The van der Waals surface area contributed by atoms with Crippen LogP contribution in [0.25, 0.3) is 0 Å². The van der Waals surface area contributed by atoms with Crippen molar-refractivity contribution in [3.05, 3.63) is 49.3 Å². The van der Waals surface area contributed by atoms with Gasteiger partial charge in [0.15, 0.2) is 0 Å². The first-order valence-electron chi connectivity index (χ1n) is 4.58. The molecule has 2 aromatic rings. The molecule has 0 unspecified atom stereocenters. The molecule has 84 valence electrons. The average Bonchev–Trinajstić information content (AvgIpc) is 2.64. The average molecular weight is 365 g/mol. The molecular weight excluding hydrogens is 357 g/mol.